The highest BCUT2D eigenvalue weighted by Gasteiger charge is 2.10. The topological polar surface area (TPSA) is 84.1 Å². The third kappa shape index (κ3) is 4.61. The summed E-state index contributed by atoms with van der Waals surface area (Å²) in [7, 11) is 3.47. The van der Waals surface area contributed by atoms with Crippen molar-refractivity contribution in [1.29, 1.82) is 0 Å². The van der Waals surface area contributed by atoms with E-state index in [1.807, 2.05) is 11.6 Å². The van der Waals surface area contributed by atoms with E-state index in [0.29, 0.717) is 19.4 Å². The number of aryl methyl sites for hydroxylation is 1. The zero-order valence-corrected chi connectivity index (χ0v) is 13.0. The molecule has 0 aliphatic rings. The van der Waals surface area contributed by atoms with Crippen molar-refractivity contribution in [2.75, 3.05) is 20.7 Å². The minimum Gasteiger partial charge on any atom is -0.396 e. The van der Waals surface area contributed by atoms with Gasteiger partial charge >= 0.3 is 0 Å². The molecule has 2 aromatic heterocycles. The summed E-state index contributed by atoms with van der Waals surface area (Å²) in [5.74, 6) is 0.0444. The molecule has 0 aliphatic carbocycles. The Kier molecular flexibility index (Phi) is 5.40. The highest BCUT2D eigenvalue weighted by Crippen LogP contribution is 2.12. The summed E-state index contributed by atoms with van der Waals surface area (Å²) in [6, 6.07) is 0. The number of aromatic nitrogens is 4. The van der Waals surface area contributed by atoms with E-state index in [2.05, 4.69) is 15.3 Å². The molecule has 0 aromatic carbocycles. The van der Waals surface area contributed by atoms with E-state index in [1.165, 1.54) is 11.3 Å². The normalized spacial score (nSPS) is 10.8. The molecule has 0 saturated carbocycles. The summed E-state index contributed by atoms with van der Waals surface area (Å²) >= 11 is 1.48. The Morgan fingerprint density at radius 3 is 2.95 bits per heavy atom. The number of hydrogen-bond acceptors (Lipinski definition) is 6. The first-order valence-corrected chi connectivity index (χ1v) is 7.59. The average Bonchev–Trinajstić information content (AvgIpc) is 3.06. The monoisotopic (exact) mass is 309 g/mol. The predicted molar refractivity (Wildman–Crippen MR) is 79.0 cm³/mol. The van der Waals surface area contributed by atoms with Crippen LogP contribution in [0.2, 0.25) is 0 Å². The van der Waals surface area contributed by atoms with E-state index < -0.39 is 0 Å². The van der Waals surface area contributed by atoms with Gasteiger partial charge in [-0.15, -0.1) is 16.4 Å². The van der Waals surface area contributed by atoms with Crippen LogP contribution in [-0.4, -0.2) is 56.6 Å². The van der Waals surface area contributed by atoms with E-state index in [-0.39, 0.29) is 12.5 Å². The molecule has 0 aliphatic heterocycles. The molecule has 2 heterocycles. The fraction of sp³-hybridized carbons (Fsp3) is 0.538. The average molecular weight is 309 g/mol. The Morgan fingerprint density at radius 2 is 2.24 bits per heavy atom. The van der Waals surface area contributed by atoms with Gasteiger partial charge in [0.2, 0.25) is 5.91 Å². The second-order valence-electron chi connectivity index (χ2n) is 4.93. The molecule has 2 rings (SSSR count). The quantitative estimate of drug-likeness (QED) is 0.797. The molecular weight excluding hydrogens is 290 g/mol. The molecule has 0 bridgehead atoms. The second kappa shape index (κ2) is 7.28. The summed E-state index contributed by atoms with van der Waals surface area (Å²) in [6.07, 6.45) is 3.60. The molecule has 114 valence electrons. The van der Waals surface area contributed by atoms with Gasteiger partial charge in [0.1, 0.15) is 5.01 Å². The number of carbonyl (C=O) groups excluding carboxylic acids is 1. The van der Waals surface area contributed by atoms with Gasteiger partial charge in [-0.1, -0.05) is 5.21 Å². The SMILES string of the molecule is CN(C)C(=O)Cc1nc(Cn2cc(CCCO)nn2)cs1. The van der Waals surface area contributed by atoms with Crippen molar-refractivity contribution in [3.05, 3.63) is 28.0 Å². The number of nitrogens with zero attached hydrogens (tertiary/aromatic N) is 5. The molecular formula is C13H19N5O2S. The number of carbonyl (C=O) groups is 1. The predicted octanol–water partition coefficient (Wildman–Crippen LogP) is 0.338. The minimum absolute atomic E-state index is 0.0444. The first kappa shape index (κ1) is 15.6. The van der Waals surface area contributed by atoms with Crippen LogP contribution in [0.15, 0.2) is 11.6 Å². The lowest BCUT2D eigenvalue weighted by Crippen LogP contribution is -2.23. The van der Waals surface area contributed by atoms with Gasteiger partial charge in [0.05, 0.1) is 24.4 Å². The van der Waals surface area contributed by atoms with Crippen LogP contribution >= 0.6 is 11.3 Å². The van der Waals surface area contributed by atoms with Gasteiger partial charge in [0, 0.05) is 32.3 Å². The van der Waals surface area contributed by atoms with Gasteiger partial charge in [-0.05, 0) is 12.8 Å². The van der Waals surface area contributed by atoms with Gasteiger partial charge in [-0.3, -0.25) is 4.79 Å². The van der Waals surface area contributed by atoms with Crippen LogP contribution in [0.3, 0.4) is 0 Å². The molecule has 0 fully saturated rings. The van der Waals surface area contributed by atoms with Crippen molar-refractivity contribution in [2.24, 2.45) is 0 Å². The van der Waals surface area contributed by atoms with Crippen molar-refractivity contribution < 1.29 is 9.90 Å². The van der Waals surface area contributed by atoms with Crippen molar-refractivity contribution >= 4 is 17.2 Å². The standard InChI is InChI=1S/C13H19N5O2S/c1-17(2)13(20)6-12-14-11(9-21-12)8-18-7-10(15-16-18)4-3-5-19/h7,9,19H,3-6,8H2,1-2H3. The second-order valence-corrected chi connectivity index (χ2v) is 5.87. The van der Waals surface area contributed by atoms with Gasteiger partial charge in [-0.2, -0.15) is 0 Å². The number of aliphatic hydroxyl groups excluding tert-OH is 1. The maximum Gasteiger partial charge on any atom is 0.228 e. The molecule has 0 unspecified atom stereocenters. The van der Waals surface area contributed by atoms with Crippen molar-refractivity contribution in [2.45, 2.75) is 25.8 Å². The lowest BCUT2D eigenvalue weighted by Gasteiger charge is -2.07. The van der Waals surface area contributed by atoms with Crippen LogP contribution in [0, 0.1) is 0 Å². The smallest absolute Gasteiger partial charge is 0.228 e. The first-order chi connectivity index (χ1) is 10.1. The fourth-order valence-electron chi connectivity index (χ4n) is 1.75. The largest absolute Gasteiger partial charge is 0.396 e. The van der Waals surface area contributed by atoms with Gasteiger partial charge in [0.25, 0.3) is 0 Å². The minimum atomic E-state index is 0.0444. The molecule has 0 saturated heterocycles. The van der Waals surface area contributed by atoms with Crippen LogP contribution in [0.1, 0.15) is 22.8 Å². The molecule has 2 aromatic rings. The van der Waals surface area contributed by atoms with Crippen LogP contribution in [0.25, 0.3) is 0 Å². The zero-order valence-electron chi connectivity index (χ0n) is 12.2. The molecule has 0 spiro atoms. The Labute approximate surface area is 127 Å². The Morgan fingerprint density at radius 1 is 1.43 bits per heavy atom. The van der Waals surface area contributed by atoms with E-state index in [4.69, 9.17) is 5.11 Å². The number of amides is 1. The maximum absolute atomic E-state index is 11.6. The number of likely N-dealkylation sites (N-methyl/N-ethyl adjacent to an activating group) is 1. The number of aliphatic hydroxyl groups is 1. The van der Waals surface area contributed by atoms with E-state index in [1.54, 1.807) is 23.7 Å². The number of hydrogen-bond donors (Lipinski definition) is 1. The summed E-state index contributed by atoms with van der Waals surface area (Å²) in [4.78, 5) is 17.6. The highest BCUT2D eigenvalue weighted by atomic mass is 32.1. The molecule has 8 heteroatoms. The number of thiazole rings is 1. The van der Waals surface area contributed by atoms with Gasteiger partial charge in [0.15, 0.2) is 0 Å². The third-order valence-corrected chi connectivity index (χ3v) is 3.80. The third-order valence-electron chi connectivity index (χ3n) is 2.90. The highest BCUT2D eigenvalue weighted by molar-refractivity contribution is 7.09. The Hall–Kier alpha value is -1.80. The van der Waals surface area contributed by atoms with Gasteiger partial charge < -0.3 is 10.0 Å². The van der Waals surface area contributed by atoms with Crippen LogP contribution in [-0.2, 0) is 24.2 Å². The summed E-state index contributed by atoms with van der Waals surface area (Å²) < 4.78 is 1.72. The van der Waals surface area contributed by atoms with Crippen LogP contribution in [0.4, 0.5) is 0 Å². The first-order valence-electron chi connectivity index (χ1n) is 6.72. The Bertz CT molecular complexity index is 593. The molecule has 0 atom stereocenters. The van der Waals surface area contributed by atoms with Crippen molar-refractivity contribution in [3.8, 4) is 0 Å². The lowest BCUT2D eigenvalue weighted by molar-refractivity contribution is -0.127. The van der Waals surface area contributed by atoms with E-state index in [0.717, 1.165) is 22.8 Å². The maximum atomic E-state index is 11.6. The molecule has 1 amide bonds. The molecule has 0 radical (unpaired) electrons. The summed E-state index contributed by atoms with van der Waals surface area (Å²) in [6.45, 7) is 0.695. The molecule has 21 heavy (non-hydrogen) atoms. The summed E-state index contributed by atoms with van der Waals surface area (Å²) in [5.41, 5.74) is 1.74. The number of rotatable bonds is 7. The van der Waals surface area contributed by atoms with Crippen molar-refractivity contribution in [3.63, 3.8) is 0 Å². The lowest BCUT2D eigenvalue weighted by atomic mass is 10.3. The zero-order chi connectivity index (χ0) is 15.2. The van der Waals surface area contributed by atoms with Crippen molar-refractivity contribution in [1.82, 2.24) is 24.9 Å². The van der Waals surface area contributed by atoms with Gasteiger partial charge in [-0.25, -0.2) is 9.67 Å². The fourth-order valence-corrected chi connectivity index (χ4v) is 2.52. The Balaban J connectivity index is 1.93. The van der Waals surface area contributed by atoms with E-state index in [9.17, 15) is 4.79 Å². The van der Waals surface area contributed by atoms with Crippen LogP contribution < -0.4 is 0 Å². The van der Waals surface area contributed by atoms with E-state index >= 15 is 0 Å². The van der Waals surface area contributed by atoms with Crippen LogP contribution in [0.5, 0.6) is 0 Å². The molecule has 7 nitrogen and oxygen atoms in total. The molecule has 1 N–H and O–H groups in total. The summed E-state index contributed by atoms with van der Waals surface area (Å²) in [5, 5.41) is 19.6.